The van der Waals surface area contributed by atoms with Crippen molar-refractivity contribution in [2.24, 2.45) is 0 Å². The van der Waals surface area contributed by atoms with Crippen molar-refractivity contribution in [3.8, 4) is 0 Å². The molecule has 0 amide bonds. The van der Waals surface area contributed by atoms with Crippen LogP contribution in [0, 0.1) is 0 Å². The average molecular weight is 385 g/mol. The zero-order valence-corrected chi connectivity index (χ0v) is 16.9. The van der Waals surface area contributed by atoms with Crippen LogP contribution in [0.15, 0.2) is 42.8 Å². The third-order valence-electron chi connectivity index (χ3n) is 5.44. The molecule has 5 nitrogen and oxygen atoms in total. The highest BCUT2D eigenvalue weighted by Crippen LogP contribution is 2.39. The number of esters is 1. The van der Waals surface area contributed by atoms with Crippen molar-refractivity contribution in [2.75, 3.05) is 7.11 Å². The zero-order chi connectivity index (χ0) is 20.7. The van der Waals surface area contributed by atoms with E-state index in [-0.39, 0.29) is 0 Å². The van der Waals surface area contributed by atoms with Crippen LogP contribution in [0.2, 0.25) is 0 Å². The molecule has 0 radical (unpaired) electrons. The van der Waals surface area contributed by atoms with Crippen LogP contribution in [-0.4, -0.2) is 36.0 Å². The van der Waals surface area contributed by atoms with Crippen LogP contribution >= 0.6 is 0 Å². The molecule has 1 aliphatic rings. The molecule has 0 spiro atoms. The number of nitrogens with zero attached hydrogens (tertiary/aromatic N) is 1. The van der Waals surface area contributed by atoms with E-state index in [0.717, 1.165) is 5.52 Å². The Balaban J connectivity index is 2.11. The van der Waals surface area contributed by atoms with Crippen LogP contribution in [0.1, 0.15) is 43.6 Å². The number of halogens is 1. The molecule has 7 heteroatoms. The van der Waals surface area contributed by atoms with Gasteiger partial charge in [0, 0.05) is 29.2 Å². The molecular formula is C21H25BFNO4. The Hall–Kier alpha value is -2.38. The number of methoxy groups -OCH3 is 1. The van der Waals surface area contributed by atoms with Gasteiger partial charge in [-0.05, 0) is 45.9 Å². The lowest BCUT2D eigenvalue weighted by Crippen LogP contribution is -2.41. The second-order valence-electron chi connectivity index (χ2n) is 7.83. The first-order valence-electron chi connectivity index (χ1n) is 9.15. The van der Waals surface area contributed by atoms with Crippen molar-refractivity contribution < 1.29 is 23.2 Å². The van der Waals surface area contributed by atoms with Crippen molar-refractivity contribution in [3.05, 3.63) is 53.9 Å². The second-order valence-corrected chi connectivity index (χ2v) is 7.83. The third kappa shape index (κ3) is 3.40. The Morgan fingerprint density at radius 1 is 1.29 bits per heavy atom. The number of carbonyl (C=O) groups excluding carboxylic acids is 1. The minimum Gasteiger partial charge on any atom is -0.465 e. The summed E-state index contributed by atoms with van der Waals surface area (Å²) in [4.78, 5) is 12.2. The summed E-state index contributed by atoms with van der Waals surface area (Å²) in [6.45, 7) is 11.7. The highest BCUT2D eigenvalue weighted by molar-refractivity contribution is 6.54. The van der Waals surface area contributed by atoms with E-state index >= 15 is 4.39 Å². The van der Waals surface area contributed by atoms with E-state index in [9.17, 15) is 4.79 Å². The van der Waals surface area contributed by atoms with Gasteiger partial charge in [-0.2, -0.15) is 0 Å². The summed E-state index contributed by atoms with van der Waals surface area (Å²) in [5.41, 5.74) is -0.138. The lowest BCUT2D eigenvalue weighted by atomic mass is 9.86. The third-order valence-corrected chi connectivity index (χ3v) is 5.44. The van der Waals surface area contributed by atoms with Crippen LogP contribution in [0.4, 0.5) is 4.39 Å². The minimum absolute atomic E-state index is 0.371. The summed E-state index contributed by atoms with van der Waals surface area (Å²) in [5, 5.41) is 0.614. The first kappa shape index (κ1) is 20.4. The van der Waals surface area contributed by atoms with Gasteiger partial charge in [-0.15, -0.1) is 6.58 Å². The molecule has 2 aromatic rings. The predicted molar refractivity (Wildman–Crippen MR) is 109 cm³/mol. The minimum atomic E-state index is -1.10. The quantitative estimate of drug-likeness (QED) is 0.430. The van der Waals surface area contributed by atoms with E-state index in [1.54, 1.807) is 24.4 Å². The predicted octanol–water partition coefficient (Wildman–Crippen LogP) is 4.56. The van der Waals surface area contributed by atoms with Gasteiger partial charge in [-0.25, -0.2) is 9.18 Å². The van der Waals surface area contributed by atoms with Crippen molar-refractivity contribution in [1.82, 2.24) is 4.57 Å². The number of rotatable bonds is 5. The van der Waals surface area contributed by atoms with E-state index in [1.807, 2.05) is 38.3 Å². The maximum atomic E-state index is 15.1. The van der Waals surface area contributed by atoms with Gasteiger partial charge >= 0.3 is 13.1 Å². The summed E-state index contributed by atoms with van der Waals surface area (Å²) in [5.74, 6) is -0.479. The van der Waals surface area contributed by atoms with E-state index in [4.69, 9.17) is 14.0 Å². The maximum Gasteiger partial charge on any atom is 0.525 e. The molecule has 0 aliphatic carbocycles. The number of ether oxygens (including phenoxy) is 1. The van der Waals surface area contributed by atoms with Crippen LogP contribution < -0.4 is 0 Å². The van der Waals surface area contributed by atoms with Crippen LogP contribution in [-0.2, 0) is 20.6 Å². The largest absolute Gasteiger partial charge is 0.525 e. The molecule has 0 unspecified atom stereocenters. The van der Waals surface area contributed by atoms with Crippen molar-refractivity contribution >= 4 is 30.1 Å². The van der Waals surface area contributed by atoms with E-state index in [0.29, 0.717) is 23.1 Å². The lowest BCUT2D eigenvalue weighted by Gasteiger charge is -2.32. The van der Waals surface area contributed by atoms with Gasteiger partial charge in [0.05, 0.1) is 23.9 Å². The fourth-order valence-electron chi connectivity index (χ4n) is 3.24. The van der Waals surface area contributed by atoms with Crippen molar-refractivity contribution in [2.45, 2.75) is 45.4 Å². The summed E-state index contributed by atoms with van der Waals surface area (Å²) >= 11 is 0. The molecule has 0 bridgehead atoms. The number of carbonyl (C=O) groups is 1. The smallest absolute Gasteiger partial charge is 0.465 e. The molecule has 1 aromatic heterocycles. The number of fused-ring (bicyclic) bond motifs is 1. The van der Waals surface area contributed by atoms with Gasteiger partial charge in [0.2, 0.25) is 0 Å². The van der Waals surface area contributed by atoms with Crippen LogP contribution in [0.5, 0.6) is 0 Å². The van der Waals surface area contributed by atoms with Gasteiger partial charge in [0.15, 0.2) is 0 Å². The molecule has 0 N–H and O–H groups in total. The average Bonchev–Trinajstić information content (AvgIpc) is 3.08. The number of aromatic nitrogens is 1. The molecule has 1 saturated heterocycles. The van der Waals surface area contributed by atoms with Gasteiger partial charge in [0.1, 0.15) is 5.73 Å². The van der Waals surface area contributed by atoms with Gasteiger partial charge in [-0.3, -0.25) is 0 Å². The lowest BCUT2D eigenvalue weighted by molar-refractivity contribution is 0.00578. The summed E-state index contributed by atoms with van der Waals surface area (Å²) in [7, 11) is 0.218. The molecule has 28 heavy (non-hydrogen) atoms. The Morgan fingerprint density at radius 3 is 2.50 bits per heavy atom. The number of allylic oxidation sites excluding steroid dienone is 1. The Labute approximate surface area is 164 Å². The molecule has 3 rings (SSSR count). The topological polar surface area (TPSA) is 49.7 Å². The van der Waals surface area contributed by atoms with E-state index in [2.05, 4.69) is 6.58 Å². The van der Waals surface area contributed by atoms with Gasteiger partial charge < -0.3 is 18.6 Å². The number of hydrogen-bond acceptors (Lipinski definition) is 4. The fourth-order valence-corrected chi connectivity index (χ4v) is 3.24. The normalized spacial score (nSPS) is 18.5. The van der Waals surface area contributed by atoms with E-state index in [1.165, 1.54) is 13.2 Å². The molecule has 1 fully saturated rings. The Bertz CT molecular complexity index is 945. The monoisotopic (exact) mass is 385 g/mol. The SMILES string of the molecule is C=CCn1cc(C=C(F)B2OC(C)(C)C(C)(C)O2)c2c(C(=O)OC)cccc21. The maximum absolute atomic E-state index is 15.1. The molecule has 1 aliphatic heterocycles. The number of benzene rings is 1. The van der Waals surface area contributed by atoms with Crippen molar-refractivity contribution in [3.63, 3.8) is 0 Å². The van der Waals surface area contributed by atoms with Crippen LogP contribution in [0.25, 0.3) is 17.0 Å². The van der Waals surface area contributed by atoms with E-state index < -0.39 is 30.0 Å². The molecule has 148 valence electrons. The standard InChI is InChI=1S/C21H25BFNO4/c1-7-11-24-13-14(18-15(19(25)26-6)9-8-10-16(18)24)12-17(23)22-27-20(2,3)21(4,5)28-22/h7-10,12-13H,1,11H2,2-6H3. The molecule has 0 atom stereocenters. The molecular weight excluding hydrogens is 360 g/mol. The molecule has 1 aromatic carbocycles. The summed E-state index contributed by atoms with van der Waals surface area (Å²) < 4.78 is 33.4. The Morgan fingerprint density at radius 2 is 1.93 bits per heavy atom. The highest BCUT2D eigenvalue weighted by atomic mass is 19.1. The first-order valence-corrected chi connectivity index (χ1v) is 9.15. The van der Waals surface area contributed by atoms with Crippen molar-refractivity contribution in [1.29, 1.82) is 0 Å². The number of hydrogen-bond donors (Lipinski definition) is 0. The van der Waals surface area contributed by atoms with Gasteiger partial charge in [-0.1, -0.05) is 12.1 Å². The fraction of sp³-hybridized carbons (Fsp3) is 0.381. The molecule has 2 heterocycles. The van der Waals surface area contributed by atoms with Crippen LogP contribution in [0.3, 0.4) is 0 Å². The Kier molecular flexibility index (Phi) is 5.25. The molecule has 0 saturated carbocycles. The highest BCUT2D eigenvalue weighted by Gasteiger charge is 2.53. The van der Waals surface area contributed by atoms with Gasteiger partial charge in [0.25, 0.3) is 0 Å². The summed E-state index contributed by atoms with van der Waals surface area (Å²) in [6, 6.07) is 5.30. The second kappa shape index (κ2) is 7.22. The first-order chi connectivity index (χ1) is 13.1. The summed E-state index contributed by atoms with van der Waals surface area (Å²) in [6.07, 6.45) is 4.88. The zero-order valence-electron chi connectivity index (χ0n) is 16.9.